The first-order valence-electron chi connectivity index (χ1n) is 12.8. The standard InChI is InChI=1S/C30H22ClN3O4S2/c1-37-24-13-20-18-5-2-3-7-22(18)38-23(20)14-21(24)32-26(35)15-39-30-33-28-27(19-6-4-8-25(19)40-28)29(36)34(30)17-11-9-16(31)10-12-17/h2-3,5,7,9-14H,4,6,8,15H2,1H3,(H,32,35). The number of carbonyl (C=O) groups excluding carboxylic acids is 1. The van der Waals surface area contributed by atoms with Crippen LogP contribution in [0.3, 0.4) is 0 Å². The molecule has 0 saturated carbocycles. The lowest BCUT2D eigenvalue weighted by Gasteiger charge is -2.13. The summed E-state index contributed by atoms with van der Waals surface area (Å²) in [5, 5.41) is 6.54. The highest BCUT2D eigenvalue weighted by Gasteiger charge is 2.24. The number of methoxy groups -OCH3 is 1. The summed E-state index contributed by atoms with van der Waals surface area (Å²) in [5.41, 5.74) is 3.57. The normalized spacial score (nSPS) is 12.8. The molecule has 40 heavy (non-hydrogen) atoms. The molecule has 7 nitrogen and oxygen atoms in total. The van der Waals surface area contributed by atoms with Gasteiger partial charge in [-0.3, -0.25) is 14.2 Å². The molecule has 0 aliphatic heterocycles. The number of ether oxygens (including phenoxy) is 1. The first-order chi connectivity index (χ1) is 19.5. The summed E-state index contributed by atoms with van der Waals surface area (Å²) in [6, 6.07) is 18.5. The van der Waals surface area contributed by atoms with Gasteiger partial charge in [-0.15, -0.1) is 11.3 Å². The number of halogens is 1. The highest BCUT2D eigenvalue weighted by Crippen LogP contribution is 2.38. The van der Waals surface area contributed by atoms with E-state index in [9.17, 15) is 9.59 Å². The van der Waals surface area contributed by atoms with Crippen molar-refractivity contribution in [2.75, 3.05) is 18.2 Å². The number of para-hydroxylation sites is 1. The van der Waals surface area contributed by atoms with E-state index in [0.717, 1.165) is 46.0 Å². The lowest BCUT2D eigenvalue weighted by atomic mass is 10.1. The van der Waals surface area contributed by atoms with Gasteiger partial charge in [0, 0.05) is 26.7 Å². The van der Waals surface area contributed by atoms with Gasteiger partial charge in [-0.05, 0) is 61.2 Å². The first-order valence-corrected chi connectivity index (χ1v) is 14.9. The average Bonchev–Trinajstić information content (AvgIpc) is 3.65. The number of aryl methyl sites for hydroxylation is 2. The molecule has 0 atom stereocenters. The topological polar surface area (TPSA) is 86.4 Å². The van der Waals surface area contributed by atoms with Crippen molar-refractivity contribution in [1.82, 2.24) is 9.55 Å². The number of fused-ring (bicyclic) bond motifs is 6. The van der Waals surface area contributed by atoms with Crippen LogP contribution in [0.25, 0.3) is 37.8 Å². The van der Waals surface area contributed by atoms with Crippen LogP contribution in [0.5, 0.6) is 5.75 Å². The van der Waals surface area contributed by atoms with E-state index in [1.54, 1.807) is 53.3 Å². The summed E-state index contributed by atoms with van der Waals surface area (Å²) in [6.45, 7) is 0. The maximum absolute atomic E-state index is 13.8. The summed E-state index contributed by atoms with van der Waals surface area (Å²) < 4.78 is 13.2. The van der Waals surface area contributed by atoms with E-state index >= 15 is 0 Å². The van der Waals surface area contributed by atoms with Crippen LogP contribution in [0, 0.1) is 0 Å². The molecule has 0 unspecified atom stereocenters. The lowest BCUT2D eigenvalue weighted by molar-refractivity contribution is -0.113. The molecule has 0 fully saturated rings. The van der Waals surface area contributed by atoms with Gasteiger partial charge in [0.05, 0.1) is 29.6 Å². The van der Waals surface area contributed by atoms with Gasteiger partial charge in [0.15, 0.2) is 5.16 Å². The van der Waals surface area contributed by atoms with Crippen LogP contribution in [0.1, 0.15) is 16.9 Å². The maximum atomic E-state index is 13.8. The fraction of sp³-hybridized carbons (Fsp3) is 0.167. The van der Waals surface area contributed by atoms with Crippen molar-refractivity contribution in [3.8, 4) is 11.4 Å². The Labute approximate surface area is 241 Å². The van der Waals surface area contributed by atoms with Crippen molar-refractivity contribution in [3.05, 3.63) is 86.5 Å². The Balaban J connectivity index is 1.21. The molecule has 200 valence electrons. The Morgan fingerprint density at radius 3 is 2.77 bits per heavy atom. The van der Waals surface area contributed by atoms with E-state index in [1.807, 2.05) is 30.3 Å². The number of hydrogen-bond donors (Lipinski definition) is 1. The number of amides is 1. The second-order valence-electron chi connectivity index (χ2n) is 9.53. The number of thioether (sulfide) groups is 1. The number of furan rings is 1. The monoisotopic (exact) mass is 587 g/mol. The fourth-order valence-corrected chi connectivity index (χ4v) is 7.52. The van der Waals surface area contributed by atoms with E-state index in [-0.39, 0.29) is 17.2 Å². The third-order valence-electron chi connectivity index (χ3n) is 7.10. The second kappa shape index (κ2) is 9.99. The van der Waals surface area contributed by atoms with Crippen LogP contribution in [0.15, 0.2) is 75.0 Å². The van der Waals surface area contributed by atoms with Gasteiger partial charge in [0.25, 0.3) is 5.56 Å². The molecule has 0 saturated heterocycles. The Bertz CT molecular complexity index is 2010. The van der Waals surface area contributed by atoms with Crippen LogP contribution in [0.2, 0.25) is 5.02 Å². The second-order valence-corrected chi connectivity index (χ2v) is 12.0. The van der Waals surface area contributed by atoms with Crippen molar-refractivity contribution in [1.29, 1.82) is 0 Å². The molecule has 7 rings (SSSR count). The number of carbonyl (C=O) groups is 1. The summed E-state index contributed by atoms with van der Waals surface area (Å²) in [6.07, 6.45) is 2.91. The van der Waals surface area contributed by atoms with Crippen LogP contribution < -0.4 is 15.6 Å². The smallest absolute Gasteiger partial charge is 0.267 e. The molecular weight excluding hydrogens is 566 g/mol. The highest BCUT2D eigenvalue weighted by atomic mass is 35.5. The number of benzene rings is 3. The number of nitrogens with zero attached hydrogens (tertiary/aromatic N) is 2. The summed E-state index contributed by atoms with van der Waals surface area (Å²) in [7, 11) is 1.57. The van der Waals surface area contributed by atoms with Crippen molar-refractivity contribution >= 4 is 78.4 Å². The lowest BCUT2D eigenvalue weighted by Crippen LogP contribution is -2.23. The Morgan fingerprint density at radius 2 is 1.95 bits per heavy atom. The van der Waals surface area contributed by atoms with E-state index < -0.39 is 0 Å². The molecular formula is C30H22ClN3O4S2. The Kier molecular flexibility index (Phi) is 6.30. The van der Waals surface area contributed by atoms with Gasteiger partial charge in [-0.1, -0.05) is 41.6 Å². The van der Waals surface area contributed by atoms with Gasteiger partial charge < -0.3 is 14.5 Å². The van der Waals surface area contributed by atoms with Crippen LogP contribution >= 0.6 is 34.7 Å². The third kappa shape index (κ3) is 4.25. The molecule has 3 heterocycles. The van der Waals surface area contributed by atoms with E-state index in [1.165, 1.54) is 16.6 Å². The average molecular weight is 588 g/mol. The van der Waals surface area contributed by atoms with Gasteiger partial charge in [0.2, 0.25) is 5.91 Å². The number of anilines is 1. The number of rotatable bonds is 6. The minimum absolute atomic E-state index is 0.0396. The van der Waals surface area contributed by atoms with Crippen LogP contribution in [0.4, 0.5) is 5.69 Å². The number of hydrogen-bond acceptors (Lipinski definition) is 7. The van der Waals surface area contributed by atoms with Crippen LogP contribution in [-0.2, 0) is 17.6 Å². The minimum Gasteiger partial charge on any atom is -0.495 e. The zero-order chi connectivity index (χ0) is 27.4. The zero-order valence-electron chi connectivity index (χ0n) is 21.3. The van der Waals surface area contributed by atoms with E-state index in [4.69, 9.17) is 25.7 Å². The molecule has 0 spiro atoms. The van der Waals surface area contributed by atoms with Crippen molar-refractivity contribution < 1.29 is 13.9 Å². The molecule has 0 bridgehead atoms. The predicted molar refractivity (Wildman–Crippen MR) is 162 cm³/mol. The molecule has 6 aromatic rings. The summed E-state index contributed by atoms with van der Waals surface area (Å²) >= 11 is 8.91. The number of aromatic nitrogens is 2. The first kappa shape index (κ1) is 25.2. The zero-order valence-corrected chi connectivity index (χ0v) is 23.7. The van der Waals surface area contributed by atoms with E-state index in [2.05, 4.69) is 5.32 Å². The van der Waals surface area contributed by atoms with Gasteiger partial charge in [0.1, 0.15) is 21.7 Å². The SMILES string of the molecule is COc1cc2c(cc1NC(=O)CSc1nc3sc4c(c3c(=O)n1-c1ccc(Cl)cc1)CCC4)oc1ccccc12. The van der Waals surface area contributed by atoms with Crippen molar-refractivity contribution in [2.45, 2.75) is 24.4 Å². The molecule has 1 aliphatic carbocycles. The van der Waals surface area contributed by atoms with Crippen molar-refractivity contribution in [2.24, 2.45) is 0 Å². The Morgan fingerprint density at radius 1 is 1.12 bits per heavy atom. The van der Waals surface area contributed by atoms with Gasteiger partial charge in [-0.2, -0.15) is 0 Å². The predicted octanol–water partition coefficient (Wildman–Crippen LogP) is 7.23. The quantitative estimate of drug-likeness (QED) is 0.163. The molecule has 3 aromatic heterocycles. The molecule has 1 amide bonds. The third-order valence-corrected chi connectivity index (χ3v) is 9.47. The molecule has 10 heteroatoms. The minimum atomic E-state index is -0.260. The fourth-order valence-electron chi connectivity index (χ4n) is 5.27. The summed E-state index contributed by atoms with van der Waals surface area (Å²) in [5.74, 6) is 0.311. The van der Waals surface area contributed by atoms with E-state index in [0.29, 0.717) is 38.3 Å². The highest BCUT2D eigenvalue weighted by molar-refractivity contribution is 7.99. The largest absolute Gasteiger partial charge is 0.495 e. The number of thiophene rings is 1. The molecule has 1 aliphatic rings. The molecule has 3 aromatic carbocycles. The summed E-state index contributed by atoms with van der Waals surface area (Å²) in [4.78, 5) is 33.8. The molecule has 0 radical (unpaired) electrons. The number of nitrogens with one attached hydrogen (secondary N) is 1. The van der Waals surface area contributed by atoms with Crippen molar-refractivity contribution in [3.63, 3.8) is 0 Å². The Hall–Kier alpha value is -3.79. The molecule has 1 N–H and O–H groups in total. The van der Waals surface area contributed by atoms with Gasteiger partial charge in [-0.25, -0.2) is 4.98 Å². The van der Waals surface area contributed by atoms with Gasteiger partial charge >= 0.3 is 0 Å². The maximum Gasteiger partial charge on any atom is 0.267 e. The van der Waals surface area contributed by atoms with Crippen LogP contribution in [-0.4, -0.2) is 28.3 Å².